The van der Waals surface area contributed by atoms with Gasteiger partial charge in [-0.05, 0) is 190 Å². The monoisotopic (exact) mass is 929 g/mol. The molecule has 8 rings (SSSR count). The lowest BCUT2D eigenvalue weighted by Crippen LogP contribution is -2.21. The van der Waals surface area contributed by atoms with Gasteiger partial charge in [0.05, 0.1) is 0 Å². The third-order valence-electron chi connectivity index (χ3n) is 15.5. The Labute approximate surface area is 388 Å². The van der Waals surface area contributed by atoms with Crippen molar-refractivity contribution in [1.82, 2.24) is 0 Å². The molecule has 0 aliphatic heterocycles. The van der Waals surface area contributed by atoms with Crippen LogP contribution in [0.15, 0.2) is 71.2 Å². The van der Waals surface area contributed by atoms with Crippen LogP contribution in [0.25, 0.3) is 11.1 Å². The highest BCUT2D eigenvalue weighted by Gasteiger charge is 2.28. The molecule has 4 aromatic rings. The Kier molecular flexibility index (Phi) is 18.9. The van der Waals surface area contributed by atoms with Crippen LogP contribution in [0, 0.1) is 98.3 Å². The molecule has 0 radical (unpaired) electrons. The molecule has 0 aromatic heterocycles. The number of hydrogen-bond acceptors (Lipinski definition) is 0. The molecule has 0 saturated heterocycles. The van der Waals surface area contributed by atoms with Crippen molar-refractivity contribution in [3.63, 3.8) is 0 Å². The normalized spacial score (nSPS) is 26.2. The summed E-state index contributed by atoms with van der Waals surface area (Å²) in [5.74, 6) is 4.52. The second kappa shape index (κ2) is 24.0. The Morgan fingerprint density at radius 2 is 0.778 bits per heavy atom. The van der Waals surface area contributed by atoms with Gasteiger partial charge in [0.15, 0.2) is 23.3 Å². The first kappa shape index (κ1) is 49.5. The summed E-state index contributed by atoms with van der Waals surface area (Å²) in [6, 6.07) is 19.4. The third-order valence-corrected chi connectivity index (χ3v) is 16.0. The first-order chi connectivity index (χ1) is 30.2. The van der Waals surface area contributed by atoms with Gasteiger partial charge in [-0.25, -0.2) is 17.6 Å². The Morgan fingerprint density at radius 3 is 1.17 bits per heavy atom. The van der Waals surface area contributed by atoms with Gasteiger partial charge in [0.25, 0.3) is 0 Å². The summed E-state index contributed by atoms with van der Waals surface area (Å²) in [7, 11) is 0. The van der Waals surface area contributed by atoms with E-state index in [0.717, 1.165) is 88.2 Å². The van der Waals surface area contributed by atoms with Gasteiger partial charge in [-0.15, -0.1) is 0 Å². The topological polar surface area (TPSA) is 0 Å². The molecule has 4 aliphatic carbocycles. The predicted octanol–water partition coefficient (Wildman–Crippen LogP) is 18.4. The van der Waals surface area contributed by atoms with E-state index in [-0.39, 0.29) is 0 Å². The summed E-state index contributed by atoms with van der Waals surface area (Å²) in [5.41, 5.74) is 9.94. The van der Waals surface area contributed by atoms with Crippen molar-refractivity contribution in [2.75, 3.05) is 0 Å². The van der Waals surface area contributed by atoms with Crippen LogP contribution >= 0.6 is 15.9 Å². The largest absolute Gasteiger partial charge is 0.204 e. The average Bonchev–Trinajstić information content (AvgIpc) is 3.24. The maximum Gasteiger partial charge on any atom is 0.159 e. The molecule has 5 heteroatoms. The highest BCUT2D eigenvalue weighted by Crippen LogP contribution is 2.41. The maximum absolute atomic E-state index is 13.7. The molecular formula is C58H77BrF4. The molecule has 0 heterocycles. The minimum absolute atomic E-state index is 0.543. The minimum Gasteiger partial charge on any atom is -0.204 e. The van der Waals surface area contributed by atoms with Crippen LogP contribution in [0.1, 0.15) is 163 Å². The Hall–Kier alpha value is -2.92. The van der Waals surface area contributed by atoms with Crippen molar-refractivity contribution in [1.29, 1.82) is 0 Å². The van der Waals surface area contributed by atoms with E-state index in [0.29, 0.717) is 4.47 Å². The van der Waals surface area contributed by atoms with Gasteiger partial charge < -0.3 is 0 Å². The molecule has 344 valence electrons. The van der Waals surface area contributed by atoms with E-state index in [9.17, 15) is 17.6 Å². The summed E-state index contributed by atoms with van der Waals surface area (Å²) in [5, 5.41) is 0. The van der Waals surface area contributed by atoms with Crippen molar-refractivity contribution in [3.8, 4) is 11.1 Å². The second-order valence-electron chi connectivity index (χ2n) is 21.2. The molecule has 0 bridgehead atoms. The molecule has 4 fully saturated rings. The highest BCUT2D eigenvalue weighted by molar-refractivity contribution is 9.10. The van der Waals surface area contributed by atoms with Crippen LogP contribution in [-0.2, 0) is 12.8 Å². The lowest BCUT2D eigenvalue weighted by Gasteiger charge is -2.33. The highest BCUT2D eigenvalue weighted by atomic mass is 79.9. The minimum atomic E-state index is -0.829. The van der Waals surface area contributed by atoms with Gasteiger partial charge in [-0.3, -0.25) is 0 Å². The lowest BCUT2D eigenvalue weighted by atomic mass is 9.72. The number of halogens is 5. The van der Waals surface area contributed by atoms with Crippen LogP contribution in [0.3, 0.4) is 0 Å². The first-order valence-corrected chi connectivity index (χ1v) is 25.7. The fourth-order valence-electron chi connectivity index (χ4n) is 12.0. The van der Waals surface area contributed by atoms with E-state index in [1.165, 1.54) is 150 Å². The zero-order chi connectivity index (χ0) is 45.0. The van der Waals surface area contributed by atoms with Gasteiger partial charge in [-0.2, -0.15) is 0 Å². The second-order valence-corrected chi connectivity index (χ2v) is 22.1. The zero-order valence-corrected chi connectivity index (χ0v) is 41.1. The first-order valence-electron chi connectivity index (χ1n) is 24.9. The summed E-state index contributed by atoms with van der Waals surface area (Å²) in [6.45, 7) is 13.5. The fourth-order valence-corrected chi connectivity index (χ4v) is 12.4. The third kappa shape index (κ3) is 15.6. The molecule has 4 saturated carbocycles. The van der Waals surface area contributed by atoms with Crippen LogP contribution in [-0.4, -0.2) is 0 Å². The SMILES string of the molecule is Cc1cc(C)cc(CC2CCC(CC3CCC(C)CC3)CC2)c1.Cc1cc(CC2CCC(CC3CCC(C)CC3)CC2)cc(C)c1-c1ccc(F)c(F)c1.Fc1ccc(Br)cc1F. The van der Waals surface area contributed by atoms with E-state index in [4.69, 9.17) is 0 Å². The van der Waals surface area contributed by atoms with Crippen LogP contribution in [0.5, 0.6) is 0 Å². The van der Waals surface area contributed by atoms with Crippen molar-refractivity contribution < 1.29 is 17.6 Å². The van der Waals surface area contributed by atoms with Crippen molar-refractivity contribution in [2.45, 2.75) is 170 Å². The van der Waals surface area contributed by atoms with Crippen LogP contribution in [0.2, 0.25) is 0 Å². The molecular weight excluding hydrogens is 853 g/mol. The lowest BCUT2D eigenvalue weighted by molar-refractivity contribution is 0.195. The maximum atomic E-state index is 13.7. The zero-order valence-electron chi connectivity index (χ0n) is 39.5. The summed E-state index contributed by atoms with van der Waals surface area (Å²) < 4.78 is 51.9. The number of aryl methyl sites for hydroxylation is 4. The molecule has 4 aliphatic rings. The molecule has 0 spiro atoms. The molecule has 0 amide bonds. The van der Waals surface area contributed by atoms with E-state index in [1.807, 2.05) is 0 Å². The fraction of sp³-hybridized carbons (Fsp3) is 0.586. The molecule has 0 unspecified atom stereocenters. The molecule has 0 nitrogen and oxygen atoms in total. The Bertz CT molecular complexity index is 1980. The Morgan fingerprint density at radius 1 is 0.413 bits per heavy atom. The number of benzene rings is 4. The van der Waals surface area contributed by atoms with Gasteiger partial charge in [0.1, 0.15) is 0 Å². The van der Waals surface area contributed by atoms with Crippen molar-refractivity contribution in [3.05, 3.63) is 128 Å². The molecule has 0 atom stereocenters. The van der Waals surface area contributed by atoms with E-state index in [2.05, 4.69) is 87.8 Å². The van der Waals surface area contributed by atoms with E-state index in [1.54, 1.807) is 18.1 Å². The van der Waals surface area contributed by atoms with Gasteiger partial charge in [0.2, 0.25) is 0 Å². The smallest absolute Gasteiger partial charge is 0.159 e. The van der Waals surface area contributed by atoms with Crippen LogP contribution in [0.4, 0.5) is 17.6 Å². The quantitative estimate of drug-likeness (QED) is 0.116. The van der Waals surface area contributed by atoms with Gasteiger partial charge in [-0.1, -0.05) is 154 Å². The van der Waals surface area contributed by atoms with Crippen molar-refractivity contribution in [2.24, 2.45) is 47.3 Å². The van der Waals surface area contributed by atoms with E-state index >= 15 is 0 Å². The van der Waals surface area contributed by atoms with Gasteiger partial charge >= 0.3 is 0 Å². The molecule has 4 aromatic carbocycles. The van der Waals surface area contributed by atoms with Crippen molar-refractivity contribution >= 4 is 15.9 Å². The summed E-state index contributed by atoms with van der Waals surface area (Å²) in [6.07, 6.45) is 28.8. The average molecular weight is 930 g/mol. The predicted molar refractivity (Wildman–Crippen MR) is 261 cm³/mol. The number of hydrogen-bond donors (Lipinski definition) is 0. The Balaban J connectivity index is 0.000000180. The standard InChI is InChI=1S/C29H38F2.C23H36.C6H3BrF2/c1-19-4-6-22(7-5-19)16-23-8-10-24(11-9-23)17-25-14-20(2)29(21(3)15-25)26-12-13-27(30)28(31)18-26;1-17-4-6-20(7-5-17)15-21-8-10-22(11-9-21)16-23-13-18(2)12-19(3)14-23;7-4-1-2-5(8)6(9)3-4/h12-15,18-19,22-24H,4-11,16-17H2,1-3H3;12-14,17,20-22H,4-11,15-16H2,1-3H3;1-3H. The van der Waals surface area contributed by atoms with Crippen LogP contribution < -0.4 is 0 Å². The number of rotatable bonds is 9. The van der Waals surface area contributed by atoms with E-state index < -0.39 is 23.3 Å². The summed E-state index contributed by atoms with van der Waals surface area (Å²) >= 11 is 2.99. The van der Waals surface area contributed by atoms with Gasteiger partial charge in [0, 0.05) is 4.47 Å². The summed E-state index contributed by atoms with van der Waals surface area (Å²) in [4.78, 5) is 0. The molecule has 63 heavy (non-hydrogen) atoms. The molecule has 0 N–H and O–H groups in total.